The third kappa shape index (κ3) is 4.28. The van der Waals surface area contributed by atoms with Gasteiger partial charge in [0.1, 0.15) is 12.0 Å². The summed E-state index contributed by atoms with van der Waals surface area (Å²) in [5.74, 6) is -2.21. The summed E-state index contributed by atoms with van der Waals surface area (Å²) in [6, 6.07) is 0. The first-order chi connectivity index (χ1) is 10.1. The van der Waals surface area contributed by atoms with Crippen LogP contribution in [0, 0.1) is 5.41 Å². The summed E-state index contributed by atoms with van der Waals surface area (Å²) in [6.45, 7) is -1.84. The fourth-order valence-corrected chi connectivity index (χ4v) is 2.35. The Morgan fingerprint density at radius 3 is 2.23 bits per heavy atom. The molecular formula is C12H17F5N2O3. The molecule has 1 heterocycles. The van der Waals surface area contributed by atoms with Crippen LogP contribution in [-0.2, 0) is 14.3 Å². The Balaban J connectivity index is 2.77. The molecule has 0 atom stereocenters. The number of nitrogens with zero attached hydrogens (tertiary/aromatic N) is 1. The van der Waals surface area contributed by atoms with Crippen molar-refractivity contribution in [1.82, 2.24) is 10.2 Å². The number of halogens is 5. The first-order valence-corrected chi connectivity index (χ1v) is 6.55. The third-order valence-corrected chi connectivity index (χ3v) is 3.70. The largest absolute Gasteiger partial charge is 0.468 e. The molecule has 0 unspecified atom stereocenters. The average molecular weight is 332 g/mol. The van der Waals surface area contributed by atoms with E-state index in [0.717, 1.165) is 7.11 Å². The van der Waals surface area contributed by atoms with Crippen molar-refractivity contribution in [1.29, 1.82) is 0 Å². The first kappa shape index (κ1) is 18.6. The van der Waals surface area contributed by atoms with Crippen molar-refractivity contribution in [3.8, 4) is 0 Å². The molecule has 1 aliphatic rings. The molecule has 0 spiro atoms. The molecule has 0 saturated carbocycles. The van der Waals surface area contributed by atoms with E-state index in [1.54, 1.807) is 0 Å². The van der Waals surface area contributed by atoms with Crippen molar-refractivity contribution < 1.29 is 36.3 Å². The van der Waals surface area contributed by atoms with E-state index in [-0.39, 0.29) is 13.1 Å². The number of esters is 1. The molecule has 22 heavy (non-hydrogen) atoms. The number of alkyl halides is 5. The molecule has 1 rings (SSSR count). The van der Waals surface area contributed by atoms with Gasteiger partial charge in [0.05, 0.1) is 13.7 Å². The van der Waals surface area contributed by atoms with Crippen LogP contribution in [0.3, 0.4) is 0 Å². The Morgan fingerprint density at radius 1 is 1.27 bits per heavy atom. The topological polar surface area (TPSA) is 58.6 Å². The van der Waals surface area contributed by atoms with Gasteiger partial charge in [0, 0.05) is 0 Å². The van der Waals surface area contributed by atoms with Gasteiger partial charge in [-0.15, -0.1) is 0 Å². The summed E-state index contributed by atoms with van der Waals surface area (Å²) in [4.78, 5) is 24.0. The minimum atomic E-state index is -4.83. The molecule has 10 heteroatoms. The maximum absolute atomic E-state index is 13.3. The van der Waals surface area contributed by atoms with E-state index in [4.69, 9.17) is 0 Å². The first-order valence-electron chi connectivity index (χ1n) is 6.55. The maximum Gasteiger partial charge on any atom is 0.403 e. The van der Waals surface area contributed by atoms with Crippen LogP contribution in [-0.4, -0.2) is 62.7 Å². The average Bonchev–Trinajstić information content (AvgIpc) is 2.43. The number of hydrogen-bond acceptors (Lipinski definition) is 4. The lowest BCUT2D eigenvalue weighted by molar-refractivity contribution is -0.233. The molecule has 128 valence electrons. The van der Waals surface area contributed by atoms with E-state index in [9.17, 15) is 31.5 Å². The van der Waals surface area contributed by atoms with Crippen LogP contribution in [0.5, 0.6) is 0 Å². The highest BCUT2D eigenvalue weighted by molar-refractivity contribution is 5.87. The van der Waals surface area contributed by atoms with Crippen molar-refractivity contribution in [2.45, 2.75) is 25.4 Å². The minimum Gasteiger partial charge on any atom is -0.468 e. The zero-order valence-corrected chi connectivity index (χ0v) is 11.9. The Labute approximate surface area is 123 Å². The van der Waals surface area contributed by atoms with Crippen LogP contribution in [0.25, 0.3) is 0 Å². The Bertz CT molecular complexity index is 406. The molecule has 0 aromatic carbocycles. The van der Waals surface area contributed by atoms with Crippen molar-refractivity contribution in [2.24, 2.45) is 5.41 Å². The molecule has 0 aromatic heterocycles. The zero-order chi connectivity index (χ0) is 17.0. The number of methoxy groups -OCH3 is 1. The number of rotatable bonds is 5. The monoisotopic (exact) mass is 332 g/mol. The molecule has 1 saturated heterocycles. The van der Waals surface area contributed by atoms with Gasteiger partial charge in [-0.3, -0.25) is 14.5 Å². The summed E-state index contributed by atoms with van der Waals surface area (Å²) in [5, 5.41) is 1.91. The highest BCUT2D eigenvalue weighted by Crippen LogP contribution is 2.46. The van der Waals surface area contributed by atoms with Crippen LogP contribution < -0.4 is 5.32 Å². The highest BCUT2D eigenvalue weighted by atomic mass is 19.4. The third-order valence-electron chi connectivity index (χ3n) is 3.70. The second kappa shape index (κ2) is 7.21. The molecule has 0 bridgehead atoms. The maximum atomic E-state index is 13.3. The Hall–Kier alpha value is -1.45. The van der Waals surface area contributed by atoms with Gasteiger partial charge < -0.3 is 10.1 Å². The standard InChI is InChI=1S/C12H17F5N2O3/c1-22-9(20)6-18-10(21)11(12(15,16)17)2-4-19(5-3-11)7-8(13)14/h8H,2-7H2,1H3,(H,18,21). The van der Waals surface area contributed by atoms with E-state index in [1.165, 1.54) is 4.90 Å². The highest BCUT2D eigenvalue weighted by Gasteiger charge is 2.60. The number of amides is 1. The molecule has 0 radical (unpaired) electrons. The summed E-state index contributed by atoms with van der Waals surface area (Å²) < 4.78 is 68.7. The van der Waals surface area contributed by atoms with Gasteiger partial charge in [0.25, 0.3) is 6.43 Å². The molecule has 1 N–H and O–H groups in total. The van der Waals surface area contributed by atoms with Crippen LogP contribution in [0.2, 0.25) is 0 Å². The lowest BCUT2D eigenvalue weighted by Crippen LogP contribution is -2.57. The number of nitrogens with one attached hydrogen (secondary N) is 1. The van der Waals surface area contributed by atoms with Gasteiger partial charge in [0.15, 0.2) is 0 Å². The lowest BCUT2D eigenvalue weighted by atomic mass is 9.76. The zero-order valence-electron chi connectivity index (χ0n) is 11.9. The normalized spacial score (nSPS) is 19.0. The van der Waals surface area contributed by atoms with Gasteiger partial charge >= 0.3 is 12.1 Å². The number of carbonyl (C=O) groups is 2. The predicted octanol–water partition coefficient (Wildman–Crippen LogP) is 1.19. The predicted molar refractivity (Wildman–Crippen MR) is 65.2 cm³/mol. The van der Waals surface area contributed by atoms with Crippen LogP contribution >= 0.6 is 0 Å². The molecule has 5 nitrogen and oxygen atoms in total. The summed E-state index contributed by atoms with van der Waals surface area (Å²) in [6.07, 6.45) is -8.73. The molecule has 1 aliphatic heterocycles. The van der Waals surface area contributed by atoms with Crippen molar-refractivity contribution in [3.05, 3.63) is 0 Å². The Kier molecular flexibility index (Phi) is 6.09. The summed E-state index contributed by atoms with van der Waals surface area (Å²) in [5.41, 5.74) is -2.67. The van der Waals surface area contributed by atoms with E-state index >= 15 is 0 Å². The molecule has 0 aromatic rings. The summed E-state index contributed by atoms with van der Waals surface area (Å²) in [7, 11) is 1.04. The number of hydrogen-bond donors (Lipinski definition) is 1. The molecular weight excluding hydrogens is 315 g/mol. The van der Waals surface area contributed by atoms with E-state index in [2.05, 4.69) is 4.74 Å². The number of carbonyl (C=O) groups excluding carboxylic acids is 2. The quantitative estimate of drug-likeness (QED) is 0.607. The summed E-state index contributed by atoms with van der Waals surface area (Å²) >= 11 is 0. The van der Waals surface area contributed by atoms with E-state index in [0.29, 0.717) is 0 Å². The van der Waals surface area contributed by atoms with Crippen molar-refractivity contribution in [3.63, 3.8) is 0 Å². The van der Waals surface area contributed by atoms with E-state index < -0.39 is 55.8 Å². The lowest BCUT2D eigenvalue weighted by Gasteiger charge is -2.41. The fourth-order valence-electron chi connectivity index (χ4n) is 2.35. The van der Waals surface area contributed by atoms with Gasteiger partial charge in [-0.1, -0.05) is 0 Å². The second-order valence-electron chi connectivity index (χ2n) is 5.03. The van der Waals surface area contributed by atoms with E-state index in [1.807, 2.05) is 5.32 Å². The molecule has 0 aliphatic carbocycles. The van der Waals surface area contributed by atoms with Crippen LogP contribution in [0.15, 0.2) is 0 Å². The van der Waals surface area contributed by atoms with Gasteiger partial charge in [-0.05, 0) is 25.9 Å². The Morgan fingerprint density at radius 2 is 1.82 bits per heavy atom. The molecule has 1 fully saturated rings. The van der Waals surface area contributed by atoms with Gasteiger partial charge in [0.2, 0.25) is 5.91 Å². The van der Waals surface area contributed by atoms with Crippen LogP contribution in [0.4, 0.5) is 22.0 Å². The smallest absolute Gasteiger partial charge is 0.403 e. The SMILES string of the molecule is COC(=O)CNC(=O)C1(C(F)(F)F)CCN(CC(F)F)CC1. The number of likely N-dealkylation sites (tertiary alicyclic amines) is 1. The van der Waals surface area contributed by atoms with Crippen molar-refractivity contribution in [2.75, 3.05) is 33.3 Å². The van der Waals surface area contributed by atoms with Gasteiger partial charge in [-0.2, -0.15) is 13.2 Å². The van der Waals surface area contributed by atoms with Gasteiger partial charge in [-0.25, -0.2) is 8.78 Å². The second-order valence-corrected chi connectivity index (χ2v) is 5.03. The minimum absolute atomic E-state index is 0.268. The fraction of sp³-hybridized carbons (Fsp3) is 0.833. The number of ether oxygens (including phenoxy) is 1. The van der Waals surface area contributed by atoms with Crippen LogP contribution in [0.1, 0.15) is 12.8 Å². The molecule has 1 amide bonds. The van der Waals surface area contributed by atoms with Crippen molar-refractivity contribution >= 4 is 11.9 Å². The number of piperidine rings is 1.